The highest BCUT2D eigenvalue weighted by molar-refractivity contribution is 7.91. The Morgan fingerprint density at radius 2 is 1.55 bits per heavy atom. The summed E-state index contributed by atoms with van der Waals surface area (Å²) < 4.78 is 82.8. The Balaban J connectivity index is 2.38. The average Bonchev–Trinajstić information content (AvgIpc) is 2.84. The van der Waals surface area contributed by atoms with Crippen LogP contribution in [0.1, 0.15) is 57.8 Å². The number of sulfone groups is 1. The summed E-state index contributed by atoms with van der Waals surface area (Å²) >= 11 is 3.85. The molecule has 3 aromatic rings. The Bertz CT molecular complexity index is 1640. The second-order valence-corrected chi connectivity index (χ2v) is 15.2. The van der Waals surface area contributed by atoms with Crippen molar-refractivity contribution in [1.82, 2.24) is 14.0 Å². The number of nitrogens with one attached hydrogen (secondary N) is 2. The van der Waals surface area contributed by atoms with Crippen LogP contribution in [0.3, 0.4) is 0 Å². The molecule has 0 bridgehead atoms. The van der Waals surface area contributed by atoms with Crippen LogP contribution in [0.5, 0.6) is 0 Å². The number of rotatable bonds is 9. The highest BCUT2D eigenvalue weighted by Crippen LogP contribution is 2.40. The Morgan fingerprint density at radius 3 is 2.10 bits per heavy atom. The van der Waals surface area contributed by atoms with Gasteiger partial charge in [-0.3, -0.25) is 9.00 Å². The molecule has 2 N–H and O–H groups in total. The maximum atomic E-state index is 13.9. The van der Waals surface area contributed by atoms with E-state index in [1.807, 2.05) is 0 Å². The van der Waals surface area contributed by atoms with E-state index in [-0.39, 0.29) is 31.5 Å². The zero-order valence-corrected chi connectivity index (χ0v) is 25.9. The van der Waals surface area contributed by atoms with Gasteiger partial charge < -0.3 is 9.12 Å². The van der Waals surface area contributed by atoms with E-state index in [1.165, 1.54) is 42.9 Å². The van der Waals surface area contributed by atoms with Gasteiger partial charge in [-0.1, -0.05) is 11.6 Å². The molecule has 0 spiro atoms. The van der Waals surface area contributed by atoms with E-state index < -0.39 is 54.7 Å². The maximum absolute atomic E-state index is 13.9. The summed E-state index contributed by atoms with van der Waals surface area (Å²) in [5, 5.41) is -0.0266. The third kappa shape index (κ3) is 7.14. The van der Waals surface area contributed by atoms with Gasteiger partial charge in [0.25, 0.3) is 5.56 Å². The third-order valence-corrected chi connectivity index (χ3v) is 10.5. The molecule has 0 saturated heterocycles. The first kappa shape index (κ1) is 32.3. The monoisotopic (exact) mass is 630 g/mol. The lowest BCUT2D eigenvalue weighted by Crippen LogP contribution is -2.35. The zero-order chi connectivity index (χ0) is 30.2. The van der Waals surface area contributed by atoms with E-state index in [1.54, 1.807) is 27.7 Å². The second-order valence-electron chi connectivity index (χ2n) is 10.2. The van der Waals surface area contributed by atoms with E-state index >= 15 is 0 Å². The van der Waals surface area contributed by atoms with Crippen molar-refractivity contribution in [3.63, 3.8) is 0 Å². The molecule has 3 unspecified atom stereocenters. The lowest BCUT2D eigenvalue weighted by Gasteiger charge is -2.25. The third-order valence-electron chi connectivity index (χ3n) is 6.11. The van der Waals surface area contributed by atoms with Crippen LogP contribution in [0.2, 0.25) is 5.02 Å². The topological polar surface area (TPSA) is 137 Å². The van der Waals surface area contributed by atoms with E-state index in [2.05, 4.69) is 9.44 Å². The molecule has 0 radical (unpaired) electrons. The first-order chi connectivity index (χ1) is 18.4. The first-order valence-electron chi connectivity index (χ1n) is 12.0. The van der Waals surface area contributed by atoms with Crippen molar-refractivity contribution < 1.29 is 25.8 Å². The van der Waals surface area contributed by atoms with Crippen LogP contribution in [0.15, 0.2) is 63.2 Å². The van der Waals surface area contributed by atoms with Crippen LogP contribution in [0.4, 0.5) is 4.39 Å². The maximum Gasteiger partial charge on any atom is 0.250 e. The summed E-state index contributed by atoms with van der Waals surface area (Å²) in [5.74, 6) is -0.620. The minimum absolute atomic E-state index is 0.0266. The van der Waals surface area contributed by atoms with Gasteiger partial charge in [-0.2, -0.15) is 0 Å². The van der Waals surface area contributed by atoms with Gasteiger partial charge in [0.1, 0.15) is 5.82 Å². The molecule has 14 heteroatoms. The molecule has 1 aromatic heterocycles. The van der Waals surface area contributed by atoms with Crippen LogP contribution >= 0.6 is 11.6 Å². The summed E-state index contributed by atoms with van der Waals surface area (Å²) in [7, 11) is -4.33. The fourth-order valence-electron chi connectivity index (χ4n) is 3.91. The largest absolute Gasteiger partial charge is 0.760 e. The number of aromatic nitrogens is 1. The fraction of sp³-hybridized carbons (Fsp3) is 0.346. The molecule has 0 saturated carbocycles. The number of halogens is 2. The van der Waals surface area contributed by atoms with Gasteiger partial charge in [0.15, 0.2) is 0 Å². The molecule has 9 nitrogen and oxygen atoms in total. The van der Waals surface area contributed by atoms with Crippen LogP contribution in [0.25, 0.3) is 11.1 Å². The van der Waals surface area contributed by atoms with E-state index in [0.717, 1.165) is 24.3 Å². The lowest BCUT2D eigenvalue weighted by atomic mass is 9.95. The van der Waals surface area contributed by atoms with Gasteiger partial charge in [-0.15, -0.1) is 0 Å². The summed E-state index contributed by atoms with van der Waals surface area (Å²) in [6.45, 7) is 8.56. The van der Waals surface area contributed by atoms with E-state index in [4.69, 9.17) is 11.6 Å². The lowest BCUT2D eigenvalue weighted by molar-refractivity contribution is 0.511. The fourth-order valence-corrected chi connectivity index (χ4v) is 7.00. The molecular weight excluding hydrogens is 601 g/mol. The van der Waals surface area contributed by atoms with Gasteiger partial charge >= 0.3 is 0 Å². The Morgan fingerprint density at radius 1 is 0.975 bits per heavy atom. The normalized spacial score (nSPS) is 15.4. The molecule has 40 heavy (non-hydrogen) atoms. The minimum Gasteiger partial charge on any atom is -0.760 e. The van der Waals surface area contributed by atoms with Gasteiger partial charge in [-0.25, -0.2) is 26.5 Å². The van der Waals surface area contributed by atoms with Crippen molar-refractivity contribution in [2.75, 3.05) is 0 Å². The molecule has 1 heterocycles. The Labute approximate surface area is 243 Å². The van der Waals surface area contributed by atoms with Gasteiger partial charge in [-0.05, 0) is 82.1 Å². The second kappa shape index (κ2) is 12.3. The molecule has 4 atom stereocenters. The van der Waals surface area contributed by atoms with E-state index in [9.17, 15) is 30.6 Å². The predicted octanol–water partition coefficient (Wildman–Crippen LogP) is 4.24. The molecule has 0 aliphatic heterocycles. The number of aryl methyl sites for hydroxylation is 1. The molecule has 3 rings (SSSR count). The molecule has 2 aromatic carbocycles. The number of nitrogens with zero attached hydrogens (tertiary/aromatic N) is 1. The number of benzene rings is 2. The van der Waals surface area contributed by atoms with Crippen LogP contribution in [-0.2, 0) is 39.1 Å². The highest BCUT2D eigenvalue weighted by atomic mass is 35.5. The highest BCUT2D eigenvalue weighted by Gasteiger charge is 2.29. The summed E-state index contributed by atoms with van der Waals surface area (Å²) in [4.78, 5) is 12.3. The van der Waals surface area contributed by atoms with Crippen LogP contribution in [0, 0.1) is 5.82 Å². The van der Waals surface area contributed by atoms with Crippen LogP contribution < -0.4 is 15.0 Å². The summed E-state index contributed by atoms with van der Waals surface area (Å²) in [6, 6.07) is 6.74. The van der Waals surface area contributed by atoms with Crippen molar-refractivity contribution in [2.45, 2.75) is 61.2 Å². The molecular formula is C26H30ClFN3O6S3-. The van der Waals surface area contributed by atoms with Gasteiger partial charge in [0.05, 0.1) is 25.5 Å². The molecule has 0 aliphatic rings. The number of pyridine rings is 1. The van der Waals surface area contributed by atoms with Gasteiger partial charge in [0.2, 0.25) is 9.84 Å². The molecule has 0 amide bonds. The summed E-state index contributed by atoms with van der Waals surface area (Å²) in [6.07, 6.45) is 1.45. The molecule has 0 aliphatic carbocycles. The Hall–Kier alpha value is -2.26. The number of hydrogen-bond acceptors (Lipinski definition) is 6. The Kier molecular flexibility index (Phi) is 9.93. The standard InChI is InChI=1S/C26H31ClFN3O6S3/c1-15(29-38(33)26(3,4)5)19-12-25(32)31(6)14-22(19)21-11-20(16(2)30-39(34)35)23(27)13-24(21)40(36,37)18-9-7-17(28)8-10-18/h7-16,29-30H,1-6H3,(H,34,35)/p-1/t15-,16?,38?/m0/s1. The summed E-state index contributed by atoms with van der Waals surface area (Å²) in [5.41, 5.74) is 0.676. The smallest absolute Gasteiger partial charge is 0.250 e. The predicted molar refractivity (Wildman–Crippen MR) is 154 cm³/mol. The molecule has 218 valence electrons. The quantitative estimate of drug-likeness (QED) is 0.268. The SMILES string of the molecule is CC(NS(=O)[O-])c1cc(-c2cn(C)c(=O)cc2[C@H](C)NS(=O)C(C)(C)C)c(S(=O)(=O)c2ccc(F)cc2)cc1Cl. The number of hydrogen-bond donors (Lipinski definition) is 2. The zero-order valence-electron chi connectivity index (χ0n) is 22.7. The van der Waals surface area contributed by atoms with Crippen molar-refractivity contribution in [3.8, 4) is 11.1 Å². The van der Waals surface area contributed by atoms with Crippen LogP contribution in [-0.4, -0.2) is 30.7 Å². The van der Waals surface area contributed by atoms with Gasteiger partial charge in [0, 0.05) is 58.8 Å². The van der Waals surface area contributed by atoms with Crippen molar-refractivity contribution >= 4 is 43.7 Å². The minimum atomic E-state index is -4.30. The van der Waals surface area contributed by atoms with Crippen molar-refractivity contribution in [3.05, 3.63) is 81.0 Å². The molecule has 0 fully saturated rings. The van der Waals surface area contributed by atoms with E-state index in [0.29, 0.717) is 11.1 Å². The first-order valence-corrected chi connectivity index (χ1v) is 16.1. The average molecular weight is 631 g/mol. The van der Waals surface area contributed by atoms with Crippen molar-refractivity contribution in [1.29, 1.82) is 0 Å². The van der Waals surface area contributed by atoms with Crippen molar-refractivity contribution in [2.24, 2.45) is 7.05 Å².